The summed E-state index contributed by atoms with van der Waals surface area (Å²) in [5.41, 5.74) is 7.92. The first kappa shape index (κ1) is 17.3. The largest absolute Gasteiger partial charge is 0.339 e. The van der Waals surface area contributed by atoms with Gasteiger partial charge in [0.15, 0.2) is 0 Å². The molecule has 0 spiro atoms. The number of hydrogen-bond acceptors (Lipinski definition) is 2. The molecule has 1 aromatic carbocycles. The lowest BCUT2D eigenvalue weighted by molar-refractivity contribution is 0.0727. The van der Waals surface area contributed by atoms with E-state index in [0.29, 0.717) is 12.5 Å². The molecule has 1 amide bonds. The number of amides is 1. The van der Waals surface area contributed by atoms with Gasteiger partial charge in [0.05, 0.1) is 6.54 Å². The highest BCUT2D eigenvalue weighted by Gasteiger charge is 2.20. The minimum atomic E-state index is 0.0528. The second kappa shape index (κ2) is 7.85. The highest BCUT2D eigenvalue weighted by Crippen LogP contribution is 2.18. The first-order valence-corrected chi connectivity index (χ1v) is 7.44. The Morgan fingerprint density at radius 3 is 2.57 bits per heavy atom. The number of benzene rings is 1. The van der Waals surface area contributed by atoms with Crippen LogP contribution in [0, 0.1) is 24.7 Å². The second-order valence-corrected chi connectivity index (χ2v) is 5.88. The van der Waals surface area contributed by atoms with E-state index in [1.54, 1.807) is 0 Å². The number of nitrogens with two attached hydrogens (primary N) is 1. The Labute approximate surface area is 128 Å². The Kier molecular flexibility index (Phi) is 6.45. The standard InChI is InChI=1S/C18H26N2O/c1-13(2)12-14(3)20(5)18(21)17-10-6-8-16(15(17)4)9-7-11-19/h6,8,10,13-14H,11-12,19H2,1-5H3. The van der Waals surface area contributed by atoms with Gasteiger partial charge < -0.3 is 10.6 Å². The van der Waals surface area contributed by atoms with Gasteiger partial charge in [0.2, 0.25) is 0 Å². The summed E-state index contributed by atoms with van der Waals surface area (Å²) in [4.78, 5) is 14.5. The van der Waals surface area contributed by atoms with Crippen LogP contribution in [0.2, 0.25) is 0 Å². The third kappa shape index (κ3) is 4.61. The van der Waals surface area contributed by atoms with Crippen molar-refractivity contribution in [3.05, 3.63) is 34.9 Å². The van der Waals surface area contributed by atoms with Gasteiger partial charge in [-0.1, -0.05) is 31.8 Å². The van der Waals surface area contributed by atoms with Crippen LogP contribution in [0.5, 0.6) is 0 Å². The van der Waals surface area contributed by atoms with Gasteiger partial charge in [-0.05, 0) is 43.9 Å². The van der Waals surface area contributed by atoms with Crippen LogP contribution in [0.3, 0.4) is 0 Å². The van der Waals surface area contributed by atoms with Crippen LogP contribution in [0.25, 0.3) is 0 Å². The molecule has 0 aliphatic rings. The molecule has 0 saturated heterocycles. The third-order valence-electron chi connectivity index (χ3n) is 3.68. The molecule has 1 atom stereocenters. The molecule has 1 aromatic rings. The molecule has 0 radical (unpaired) electrons. The van der Waals surface area contributed by atoms with Crippen molar-refractivity contribution in [2.45, 2.75) is 40.2 Å². The predicted molar refractivity (Wildman–Crippen MR) is 88.1 cm³/mol. The van der Waals surface area contributed by atoms with Crippen LogP contribution in [-0.2, 0) is 0 Å². The van der Waals surface area contributed by atoms with Crippen LogP contribution in [-0.4, -0.2) is 30.4 Å². The number of rotatable bonds is 4. The zero-order valence-corrected chi connectivity index (χ0v) is 13.7. The van der Waals surface area contributed by atoms with Crippen molar-refractivity contribution in [2.75, 3.05) is 13.6 Å². The maximum absolute atomic E-state index is 12.7. The van der Waals surface area contributed by atoms with Crippen molar-refractivity contribution in [3.63, 3.8) is 0 Å². The Balaban J connectivity index is 3.02. The number of carbonyl (C=O) groups excluding carboxylic acids is 1. The van der Waals surface area contributed by atoms with E-state index in [1.807, 2.05) is 37.1 Å². The van der Waals surface area contributed by atoms with Gasteiger partial charge in [0.25, 0.3) is 5.91 Å². The highest BCUT2D eigenvalue weighted by molar-refractivity contribution is 5.96. The lowest BCUT2D eigenvalue weighted by Crippen LogP contribution is -2.36. The molecule has 2 N–H and O–H groups in total. The molecule has 0 fully saturated rings. The molecule has 1 rings (SSSR count). The Hall–Kier alpha value is -1.79. The summed E-state index contributed by atoms with van der Waals surface area (Å²) in [7, 11) is 1.87. The van der Waals surface area contributed by atoms with E-state index >= 15 is 0 Å². The van der Waals surface area contributed by atoms with Crippen LogP contribution < -0.4 is 5.73 Å². The SMILES string of the molecule is Cc1c(C#CCN)cccc1C(=O)N(C)C(C)CC(C)C. The average Bonchev–Trinajstić information content (AvgIpc) is 2.44. The maximum atomic E-state index is 12.7. The summed E-state index contributed by atoms with van der Waals surface area (Å²) < 4.78 is 0. The van der Waals surface area contributed by atoms with Crippen LogP contribution in [0.15, 0.2) is 18.2 Å². The molecule has 0 aliphatic carbocycles. The zero-order chi connectivity index (χ0) is 16.0. The fourth-order valence-corrected chi connectivity index (χ4v) is 2.38. The van der Waals surface area contributed by atoms with Gasteiger partial charge in [0, 0.05) is 24.2 Å². The van der Waals surface area contributed by atoms with Crippen LogP contribution in [0.4, 0.5) is 0 Å². The number of nitrogens with zero attached hydrogens (tertiary/aromatic N) is 1. The van der Waals surface area contributed by atoms with Crippen molar-refractivity contribution < 1.29 is 4.79 Å². The first-order chi connectivity index (χ1) is 9.88. The molecule has 0 saturated carbocycles. The van der Waals surface area contributed by atoms with Crippen molar-refractivity contribution in [2.24, 2.45) is 11.7 Å². The van der Waals surface area contributed by atoms with Gasteiger partial charge in [-0.3, -0.25) is 4.79 Å². The molecule has 0 heterocycles. The van der Waals surface area contributed by atoms with E-state index in [0.717, 1.165) is 23.1 Å². The van der Waals surface area contributed by atoms with E-state index < -0.39 is 0 Å². The van der Waals surface area contributed by atoms with E-state index in [2.05, 4.69) is 32.6 Å². The van der Waals surface area contributed by atoms with Crippen molar-refractivity contribution in [1.29, 1.82) is 0 Å². The quantitative estimate of drug-likeness (QED) is 0.865. The van der Waals surface area contributed by atoms with E-state index in [1.165, 1.54) is 0 Å². The molecule has 21 heavy (non-hydrogen) atoms. The number of hydrogen-bond donors (Lipinski definition) is 1. The van der Waals surface area contributed by atoms with E-state index in [-0.39, 0.29) is 11.9 Å². The van der Waals surface area contributed by atoms with Gasteiger partial charge in [0.1, 0.15) is 0 Å². The number of carbonyl (C=O) groups is 1. The smallest absolute Gasteiger partial charge is 0.254 e. The van der Waals surface area contributed by atoms with Crippen molar-refractivity contribution in [1.82, 2.24) is 4.90 Å². The van der Waals surface area contributed by atoms with Crippen molar-refractivity contribution in [3.8, 4) is 11.8 Å². The summed E-state index contributed by atoms with van der Waals surface area (Å²) in [5.74, 6) is 6.49. The van der Waals surface area contributed by atoms with E-state index in [9.17, 15) is 4.79 Å². The van der Waals surface area contributed by atoms with Gasteiger partial charge in [-0.15, -0.1) is 0 Å². The minimum Gasteiger partial charge on any atom is -0.339 e. The molecule has 3 heteroatoms. The van der Waals surface area contributed by atoms with E-state index in [4.69, 9.17) is 5.73 Å². The summed E-state index contributed by atoms with van der Waals surface area (Å²) in [6, 6.07) is 5.88. The monoisotopic (exact) mass is 286 g/mol. The molecular formula is C18H26N2O. The lowest BCUT2D eigenvalue weighted by atomic mass is 9.99. The van der Waals surface area contributed by atoms with Crippen LogP contribution >= 0.6 is 0 Å². The fourth-order valence-electron chi connectivity index (χ4n) is 2.38. The normalized spacial score (nSPS) is 11.8. The third-order valence-corrected chi connectivity index (χ3v) is 3.68. The minimum absolute atomic E-state index is 0.0528. The van der Waals surface area contributed by atoms with Gasteiger partial charge >= 0.3 is 0 Å². The molecule has 3 nitrogen and oxygen atoms in total. The van der Waals surface area contributed by atoms with Crippen LogP contribution in [0.1, 0.15) is 48.7 Å². The summed E-state index contributed by atoms with van der Waals surface area (Å²) in [6.45, 7) is 8.69. The molecule has 1 unspecified atom stereocenters. The topological polar surface area (TPSA) is 46.3 Å². The molecule has 114 valence electrons. The average molecular weight is 286 g/mol. The summed E-state index contributed by atoms with van der Waals surface area (Å²) in [5, 5.41) is 0. The lowest BCUT2D eigenvalue weighted by Gasteiger charge is -2.27. The zero-order valence-electron chi connectivity index (χ0n) is 13.7. The summed E-state index contributed by atoms with van der Waals surface area (Å²) >= 11 is 0. The van der Waals surface area contributed by atoms with Crippen molar-refractivity contribution >= 4 is 5.91 Å². The van der Waals surface area contributed by atoms with Gasteiger partial charge in [-0.2, -0.15) is 0 Å². The second-order valence-electron chi connectivity index (χ2n) is 5.88. The fraction of sp³-hybridized carbons (Fsp3) is 0.500. The Morgan fingerprint density at radius 1 is 1.33 bits per heavy atom. The molecule has 0 bridgehead atoms. The first-order valence-electron chi connectivity index (χ1n) is 7.44. The maximum Gasteiger partial charge on any atom is 0.254 e. The molecule has 0 aliphatic heterocycles. The molecule has 0 aromatic heterocycles. The predicted octanol–water partition coefficient (Wildman–Crippen LogP) is 2.81. The molecular weight excluding hydrogens is 260 g/mol. The summed E-state index contributed by atoms with van der Waals surface area (Å²) in [6.07, 6.45) is 0.994. The Morgan fingerprint density at radius 2 is 2.00 bits per heavy atom. The van der Waals surface area contributed by atoms with Gasteiger partial charge in [-0.25, -0.2) is 0 Å². The Bertz CT molecular complexity index is 552. The highest BCUT2D eigenvalue weighted by atomic mass is 16.2.